The van der Waals surface area contributed by atoms with Crippen LogP contribution in [-0.2, 0) is 14.8 Å². The van der Waals surface area contributed by atoms with Gasteiger partial charge in [0.15, 0.2) is 0 Å². The fraction of sp³-hybridized carbons (Fsp3) is 0.474. The summed E-state index contributed by atoms with van der Waals surface area (Å²) in [4.78, 5) is 26.3. The Hall–Kier alpha value is -2.37. The van der Waals surface area contributed by atoms with E-state index in [-0.39, 0.29) is 29.3 Å². The summed E-state index contributed by atoms with van der Waals surface area (Å²) < 4.78 is 26.7. The maximum absolute atomic E-state index is 12.8. The van der Waals surface area contributed by atoms with Gasteiger partial charge in [0, 0.05) is 31.1 Å². The van der Waals surface area contributed by atoms with Crippen LogP contribution in [0.1, 0.15) is 43.0 Å². The van der Waals surface area contributed by atoms with Crippen LogP contribution in [0.3, 0.4) is 0 Å². The number of amides is 2. The van der Waals surface area contributed by atoms with Gasteiger partial charge < -0.3 is 10.2 Å². The molecule has 1 aromatic rings. The first kappa shape index (κ1) is 20.9. The van der Waals surface area contributed by atoms with E-state index in [1.807, 2.05) is 6.92 Å². The average molecular weight is 391 g/mol. The molecule has 2 amide bonds. The number of piperidine rings is 1. The highest BCUT2D eigenvalue weighted by Crippen LogP contribution is 2.17. The molecular weight excluding hydrogens is 366 g/mol. The summed E-state index contributed by atoms with van der Waals surface area (Å²) in [5, 5.41) is 2.96. The number of hydrogen-bond acceptors (Lipinski definition) is 4. The number of nitrogens with one attached hydrogen (secondary N) is 2. The summed E-state index contributed by atoms with van der Waals surface area (Å²) in [5.41, 5.74) is 0.291. The van der Waals surface area contributed by atoms with Crippen LogP contribution in [0.2, 0.25) is 0 Å². The lowest BCUT2D eigenvalue weighted by molar-refractivity contribution is -0.122. The van der Waals surface area contributed by atoms with Gasteiger partial charge in [-0.05, 0) is 37.5 Å². The van der Waals surface area contributed by atoms with E-state index in [4.69, 9.17) is 6.42 Å². The number of sulfonamides is 1. The third-order valence-electron chi connectivity index (χ3n) is 4.31. The zero-order valence-corrected chi connectivity index (χ0v) is 16.2. The minimum Gasteiger partial charge on any atom is -0.352 e. The molecule has 0 radical (unpaired) electrons. The molecule has 0 spiro atoms. The van der Waals surface area contributed by atoms with Gasteiger partial charge in [-0.3, -0.25) is 9.59 Å². The first-order valence-corrected chi connectivity index (χ1v) is 10.5. The van der Waals surface area contributed by atoms with Gasteiger partial charge in [-0.15, -0.1) is 6.42 Å². The molecule has 1 heterocycles. The molecule has 1 aliphatic rings. The van der Waals surface area contributed by atoms with Crippen LogP contribution in [0.25, 0.3) is 0 Å². The van der Waals surface area contributed by atoms with Crippen molar-refractivity contribution in [1.82, 2.24) is 14.9 Å². The second-order valence-electron chi connectivity index (χ2n) is 6.46. The Labute approximate surface area is 160 Å². The molecule has 7 nitrogen and oxygen atoms in total. The Kier molecular flexibility index (Phi) is 7.39. The number of nitrogens with zero attached hydrogens (tertiary/aromatic N) is 1. The fourth-order valence-electron chi connectivity index (χ4n) is 3.01. The maximum atomic E-state index is 12.8. The third-order valence-corrected chi connectivity index (χ3v) is 5.71. The predicted octanol–water partition coefficient (Wildman–Crippen LogP) is 1.12. The second kappa shape index (κ2) is 9.53. The summed E-state index contributed by atoms with van der Waals surface area (Å²) in [7, 11) is -3.76. The first-order chi connectivity index (χ1) is 12.9. The topological polar surface area (TPSA) is 95.6 Å². The van der Waals surface area contributed by atoms with E-state index in [1.54, 1.807) is 11.0 Å². The average Bonchev–Trinajstić information content (AvgIpc) is 2.66. The number of benzene rings is 1. The summed E-state index contributed by atoms with van der Waals surface area (Å²) >= 11 is 0. The standard InChI is InChI=1S/C19H25N3O4S/c1-3-7-18(23)21-16-9-6-12-22(14-16)19(24)15-8-5-10-17(13-15)27(25,26)20-11-4-2/h2,5,8,10,13,16,20H,3,6-7,9,11-12,14H2,1H3,(H,21,23). The minimum atomic E-state index is -3.76. The Morgan fingerprint density at radius 1 is 1.37 bits per heavy atom. The van der Waals surface area contributed by atoms with Crippen molar-refractivity contribution in [2.45, 2.75) is 43.5 Å². The predicted molar refractivity (Wildman–Crippen MR) is 102 cm³/mol. The Morgan fingerprint density at radius 2 is 2.15 bits per heavy atom. The van der Waals surface area contributed by atoms with Crippen molar-refractivity contribution >= 4 is 21.8 Å². The summed E-state index contributed by atoms with van der Waals surface area (Å²) in [5.74, 6) is 1.95. The number of likely N-dealkylation sites (tertiary alicyclic amines) is 1. The van der Waals surface area contributed by atoms with Gasteiger partial charge >= 0.3 is 0 Å². The van der Waals surface area contributed by atoms with Crippen LogP contribution in [0, 0.1) is 12.3 Å². The Morgan fingerprint density at radius 3 is 2.85 bits per heavy atom. The minimum absolute atomic E-state index is 0.00610. The van der Waals surface area contributed by atoms with E-state index in [0.717, 1.165) is 19.3 Å². The molecule has 1 atom stereocenters. The molecule has 0 aliphatic carbocycles. The molecule has 1 unspecified atom stereocenters. The van der Waals surface area contributed by atoms with Crippen LogP contribution < -0.4 is 10.0 Å². The smallest absolute Gasteiger partial charge is 0.253 e. The van der Waals surface area contributed by atoms with Gasteiger partial charge in [0.25, 0.3) is 5.91 Å². The van der Waals surface area contributed by atoms with Crippen LogP contribution in [0.15, 0.2) is 29.2 Å². The highest BCUT2D eigenvalue weighted by atomic mass is 32.2. The van der Waals surface area contributed by atoms with Crippen molar-refractivity contribution in [1.29, 1.82) is 0 Å². The molecule has 0 saturated carbocycles. The highest BCUT2D eigenvalue weighted by Gasteiger charge is 2.26. The number of carbonyl (C=O) groups is 2. The van der Waals surface area contributed by atoms with Crippen LogP contribution >= 0.6 is 0 Å². The van der Waals surface area contributed by atoms with Gasteiger partial charge in [-0.2, -0.15) is 4.72 Å². The first-order valence-electron chi connectivity index (χ1n) is 8.99. The second-order valence-corrected chi connectivity index (χ2v) is 8.23. The van der Waals surface area contributed by atoms with Gasteiger partial charge in [0.05, 0.1) is 11.4 Å². The normalized spacial score (nSPS) is 17.2. The third kappa shape index (κ3) is 5.81. The van der Waals surface area contributed by atoms with E-state index in [2.05, 4.69) is 16.0 Å². The number of carbonyl (C=O) groups excluding carboxylic acids is 2. The molecule has 1 fully saturated rings. The molecule has 27 heavy (non-hydrogen) atoms. The zero-order chi connectivity index (χ0) is 19.9. The lowest BCUT2D eigenvalue weighted by Crippen LogP contribution is -2.49. The number of terminal acetylenes is 1. The van der Waals surface area contributed by atoms with E-state index in [9.17, 15) is 18.0 Å². The summed E-state index contributed by atoms with van der Waals surface area (Å²) in [6, 6.07) is 5.80. The van der Waals surface area contributed by atoms with Crippen LogP contribution in [0.5, 0.6) is 0 Å². The van der Waals surface area contributed by atoms with Crippen LogP contribution in [-0.4, -0.2) is 50.8 Å². The van der Waals surface area contributed by atoms with Crippen molar-refractivity contribution in [3.05, 3.63) is 29.8 Å². The van der Waals surface area contributed by atoms with Crippen molar-refractivity contribution in [3.8, 4) is 12.3 Å². The maximum Gasteiger partial charge on any atom is 0.253 e. The summed E-state index contributed by atoms with van der Waals surface area (Å²) in [6.07, 6.45) is 7.93. The largest absolute Gasteiger partial charge is 0.352 e. The number of rotatable bonds is 7. The van der Waals surface area contributed by atoms with Crippen LogP contribution in [0.4, 0.5) is 0 Å². The van der Waals surface area contributed by atoms with Gasteiger partial charge in [-0.25, -0.2) is 8.42 Å². The molecule has 2 N–H and O–H groups in total. The van der Waals surface area contributed by atoms with E-state index < -0.39 is 10.0 Å². The van der Waals surface area contributed by atoms with E-state index in [1.165, 1.54) is 18.2 Å². The molecule has 8 heteroatoms. The molecular formula is C19H25N3O4S. The monoisotopic (exact) mass is 391 g/mol. The van der Waals surface area contributed by atoms with Crippen molar-refractivity contribution in [2.75, 3.05) is 19.6 Å². The molecule has 1 saturated heterocycles. The van der Waals surface area contributed by atoms with Crippen molar-refractivity contribution in [3.63, 3.8) is 0 Å². The quantitative estimate of drug-likeness (QED) is 0.681. The molecule has 146 valence electrons. The van der Waals surface area contributed by atoms with E-state index >= 15 is 0 Å². The summed E-state index contributed by atoms with van der Waals surface area (Å²) in [6.45, 7) is 2.81. The lowest BCUT2D eigenvalue weighted by Gasteiger charge is -2.33. The molecule has 2 rings (SSSR count). The molecule has 1 aliphatic heterocycles. The van der Waals surface area contributed by atoms with Crippen molar-refractivity contribution in [2.24, 2.45) is 0 Å². The fourth-order valence-corrected chi connectivity index (χ4v) is 3.99. The molecule has 0 aromatic heterocycles. The van der Waals surface area contributed by atoms with E-state index in [0.29, 0.717) is 25.1 Å². The molecule has 1 aromatic carbocycles. The van der Waals surface area contributed by atoms with Gasteiger partial charge in [0.1, 0.15) is 0 Å². The van der Waals surface area contributed by atoms with Gasteiger partial charge in [0.2, 0.25) is 15.9 Å². The van der Waals surface area contributed by atoms with Gasteiger partial charge in [-0.1, -0.05) is 18.9 Å². The zero-order valence-electron chi connectivity index (χ0n) is 15.4. The number of hydrogen-bond donors (Lipinski definition) is 2. The lowest BCUT2D eigenvalue weighted by atomic mass is 10.0. The highest BCUT2D eigenvalue weighted by molar-refractivity contribution is 7.89. The Bertz CT molecular complexity index is 830. The molecule has 0 bridgehead atoms. The Balaban J connectivity index is 2.10. The SMILES string of the molecule is C#CCNS(=O)(=O)c1cccc(C(=O)N2CCCC(NC(=O)CCC)C2)c1. The van der Waals surface area contributed by atoms with Crippen molar-refractivity contribution < 1.29 is 18.0 Å².